The molecule has 12 heteroatoms. The quantitative estimate of drug-likeness (QED) is 0.575. The molecule has 1 unspecified atom stereocenters. The number of hydrogen-bond donors (Lipinski definition) is 3. The van der Waals surface area contributed by atoms with E-state index in [-0.39, 0.29) is 17.5 Å². The highest BCUT2D eigenvalue weighted by Crippen LogP contribution is 2.34. The van der Waals surface area contributed by atoms with E-state index in [9.17, 15) is 18.3 Å². The van der Waals surface area contributed by atoms with Crippen molar-refractivity contribution in [3.63, 3.8) is 0 Å². The summed E-state index contributed by atoms with van der Waals surface area (Å²) in [4.78, 5) is 9.65. The number of aliphatic hydroxyl groups excluding tert-OH is 1. The van der Waals surface area contributed by atoms with Gasteiger partial charge >= 0.3 is 6.18 Å². The zero-order chi connectivity index (χ0) is 21.7. The van der Waals surface area contributed by atoms with Crippen molar-refractivity contribution in [1.82, 2.24) is 14.9 Å². The maximum atomic E-state index is 13.3. The monoisotopic (exact) mass is 465 g/mol. The number of β-amino-alcohol motifs (C(OH)–C–C–N with tert-alkyl or cyclic N) is 1. The lowest BCUT2D eigenvalue weighted by atomic mass is 10.2. The second kappa shape index (κ2) is 9.97. The molecule has 3 N–H and O–H groups in total. The largest absolute Gasteiger partial charge is 0.421 e. The van der Waals surface area contributed by atoms with Crippen LogP contribution in [0.5, 0.6) is 0 Å². The minimum absolute atomic E-state index is 0.0634. The lowest BCUT2D eigenvalue weighted by Crippen LogP contribution is -2.42. The molecule has 1 aromatic carbocycles. The van der Waals surface area contributed by atoms with Crippen molar-refractivity contribution in [3.05, 3.63) is 40.0 Å². The van der Waals surface area contributed by atoms with Crippen molar-refractivity contribution in [1.29, 1.82) is 0 Å². The number of aromatic nitrogens is 2. The summed E-state index contributed by atoms with van der Waals surface area (Å²) < 4.78 is 45.3. The summed E-state index contributed by atoms with van der Waals surface area (Å²) in [6.45, 7) is 2.66. The molecule has 1 atom stereocenters. The summed E-state index contributed by atoms with van der Waals surface area (Å²) in [7, 11) is 0. The standard InChI is InChI=1S/C18H20Cl2F3N5O2/c19-14-2-1-11(7-15(14)20)26-17-25-9-13(18(21,22)23)16(27-17)24-8-12(29)10-28-3-5-30-6-4-28/h1-2,7,9,12,29H,3-6,8,10H2,(H2,24,25,26,27). The molecule has 0 aliphatic carbocycles. The van der Waals surface area contributed by atoms with Gasteiger partial charge in [-0.3, -0.25) is 4.90 Å². The van der Waals surface area contributed by atoms with Crippen molar-refractivity contribution >= 4 is 40.7 Å². The third-order valence-electron chi connectivity index (χ3n) is 4.35. The molecule has 2 aromatic rings. The summed E-state index contributed by atoms with van der Waals surface area (Å²) in [5.74, 6) is -0.493. The summed E-state index contributed by atoms with van der Waals surface area (Å²) in [6.07, 6.45) is -4.85. The van der Waals surface area contributed by atoms with E-state index in [1.165, 1.54) is 12.1 Å². The van der Waals surface area contributed by atoms with Crippen molar-refractivity contribution in [2.24, 2.45) is 0 Å². The van der Waals surface area contributed by atoms with E-state index in [4.69, 9.17) is 27.9 Å². The van der Waals surface area contributed by atoms with Gasteiger partial charge in [-0.1, -0.05) is 23.2 Å². The SMILES string of the molecule is OC(CNc1nc(Nc2ccc(Cl)c(Cl)c2)ncc1C(F)(F)F)CN1CCOCC1. The fourth-order valence-corrected chi connectivity index (χ4v) is 3.15. The van der Waals surface area contributed by atoms with Crippen LogP contribution >= 0.6 is 23.2 Å². The molecule has 3 rings (SSSR count). The first kappa shape index (κ1) is 22.8. The van der Waals surface area contributed by atoms with Gasteiger partial charge in [0.05, 0.1) is 29.4 Å². The Morgan fingerprint density at radius 2 is 1.93 bits per heavy atom. The predicted octanol–water partition coefficient (Wildman–Crippen LogP) is 3.65. The molecule has 0 radical (unpaired) electrons. The van der Waals surface area contributed by atoms with Gasteiger partial charge < -0.3 is 20.5 Å². The lowest BCUT2D eigenvalue weighted by molar-refractivity contribution is -0.137. The van der Waals surface area contributed by atoms with Gasteiger partial charge in [-0.2, -0.15) is 18.2 Å². The van der Waals surface area contributed by atoms with Gasteiger partial charge in [-0.05, 0) is 18.2 Å². The highest BCUT2D eigenvalue weighted by atomic mass is 35.5. The Hall–Kier alpha value is -1.85. The Kier molecular flexibility index (Phi) is 7.59. The lowest BCUT2D eigenvalue weighted by Gasteiger charge is -2.28. The summed E-state index contributed by atoms with van der Waals surface area (Å²) in [6, 6.07) is 4.63. The number of halogens is 5. The number of morpholine rings is 1. The van der Waals surface area contributed by atoms with Crippen molar-refractivity contribution < 1.29 is 23.0 Å². The molecule has 30 heavy (non-hydrogen) atoms. The van der Waals surface area contributed by atoms with Gasteiger partial charge in [0.25, 0.3) is 0 Å². The molecule has 0 spiro atoms. The predicted molar refractivity (Wildman–Crippen MR) is 109 cm³/mol. The molecule has 0 amide bonds. The number of anilines is 3. The van der Waals surface area contributed by atoms with Crippen LogP contribution in [0.4, 0.5) is 30.6 Å². The first-order valence-electron chi connectivity index (χ1n) is 9.10. The molecule has 1 aliphatic rings. The topological polar surface area (TPSA) is 82.5 Å². The van der Waals surface area contributed by atoms with Gasteiger partial charge in [0.2, 0.25) is 5.95 Å². The number of rotatable bonds is 7. The second-order valence-electron chi connectivity index (χ2n) is 6.66. The molecule has 1 fully saturated rings. The van der Waals surface area contributed by atoms with Crippen LogP contribution in [0.25, 0.3) is 0 Å². The normalized spacial score (nSPS) is 16.3. The van der Waals surface area contributed by atoms with Crippen LogP contribution in [-0.2, 0) is 10.9 Å². The second-order valence-corrected chi connectivity index (χ2v) is 7.47. The summed E-state index contributed by atoms with van der Waals surface area (Å²) >= 11 is 11.8. The molecule has 0 saturated carbocycles. The van der Waals surface area contributed by atoms with Gasteiger partial charge in [-0.25, -0.2) is 4.98 Å². The summed E-state index contributed by atoms with van der Waals surface area (Å²) in [5.41, 5.74) is -0.566. The Morgan fingerprint density at radius 1 is 1.20 bits per heavy atom. The third-order valence-corrected chi connectivity index (χ3v) is 5.09. The highest BCUT2D eigenvalue weighted by molar-refractivity contribution is 6.42. The van der Waals surface area contributed by atoms with E-state index in [1.54, 1.807) is 6.07 Å². The Labute approximate surface area is 181 Å². The van der Waals surface area contributed by atoms with Crippen molar-refractivity contribution in [2.45, 2.75) is 12.3 Å². The minimum atomic E-state index is -4.65. The van der Waals surface area contributed by atoms with Crippen LogP contribution < -0.4 is 10.6 Å². The average molecular weight is 466 g/mol. The third kappa shape index (κ3) is 6.32. The van der Waals surface area contributed by atoms with Crippen LogP contribution in [0.15, 0.2) is 24.4 Å². The van der Waals surface area contributed by atoms with E-state index in [0.717, 1.165) is 0 Å². The molecule has 1 aliphatic heterocycles. The zero-order valence-corrected chi connectivity index (χ0v) is 17.2. The first-order chi connectivity index (χ1) is 14.2. The maximum absolute atomic E-state index is 13.3. The number of alkyl halides is 3. The van der Waals surface area contributed by atoms with Gasteiger partial charge in [-0.15, -0.1) is 0 Å². The fraction of sp³-hybridized carbons (Fsp3) is 0.444. The number of benzene rings is 1. The van der Waals surface area contributed by atoms with Crippen molar-refractivity contribution in [3.8, 4) is 0 Å². The number of nitrogens with zero attached hydrogens (tertiary/aromatic N) is 3. The molecule has 0 bridgehead atoms. The number of nitrogens with one attached hydrogen (secondary N) is 2. The van der Waals surface area contributed by atoms with E-state index in [1.807, 2.05) is 4.90 Å². The molecular weight excluding hydrogens is 446 g/mol. The number of aliphatic hydroxyl groups is 1. The molecule has 7 nitrogen and oxygen atoms in total. The molecule has 1 saturated heterocycles. The van der Waals surface area contributed by atoms with E-state index < -0.39 is 23.7 Å². The van der Waals surface area contributed by atoms with Crippen molar-refractivity contribution in [2.75, 3.05) is 50.0 Å². The van der Waals surface area contributed by atoms with E-state index in [2.05, 4.69) is 20.6 Å². The van der Waals surface area contributed by atoms with E-state index in [0.29, 0.717) is 49.8 Å². The van der Waals surface area contributed by atoms with Crippen LogP contribution in [-0.4, -0.2) is 65.5 Å². The molecule has 1 aromatic heterocycles. The van der Waals surface area contributed by atoms with Crippen LogP contribution in [0.2, 0.25) is 10.0 Å². The Bertz CT molecular complexity index is 866. The van der Waals surface area contributed by atoms with E-state index >= 15 is 0 Å². The number of ether oxygens (including phenoxy) is 1. The molecule has 164 valence electrons. The Morgan fingerprint density at radius 3 is 2.60 bits per heavy atom. The van der Waals surface area contributed by atoms with Crippen LogP contribution in [0, 0.1) is 0 Å². The highest BCUT2D eigenvalue weighted by Gasteiger charge is 2.35. The maximum Gasteiger partial charge on any atom is 0.421 e. The molecule has 2 heterocycles. The fourth-order valence-electron chi connectivity index (χ4n) is 2.85. The molecular formula is C18H20Cl2F3N5O2. The average Bonchev–Trinajstić information content (AvgIpc) is 2.69. The smallest absolute Gasteiger partial charge is 0.390 e. The van der Waals surface area contributed by atoms with Gasteiger partial charge in [0.15, 0.2) is 0 Å². The first-order valence-corrected chi connectivity index (χ1v) is 9.86. The van der Waals surface area contributed by atoms with Gasteiger partial charge in [0.1, 0.15) is 11.4 Å². The number of hydrogen-bond acceptors (Lipinski definition) is 7. The van der Waals surface area contributed by atoms with Crippen LogP contribution in [0.3, 0.4) is 0 Å². The Balaban J connectivity index is 1.71. The van der Waals surface area contributed by atoms with Gasteiger partial charge in [0, 0.05) is 38.1 Å². The minimum Gasteiger partial charge on any atom is -0.390 e. The zero-order valence-electron chi connectivity index (χ0n) is 15.7. The van der Waals surface area contributed by atoms with Crippen LogP contribution in [0.1, 0.15) is 5.56 Å². The summed E-state index contributed by atoms with van der Waals surface area (Å²) in [5, 5.41) is 16.2.